The van der Waals surface area contributed by atoms with Gasteiger partial charge in [-0.1, -0.05) is 12.8 Å². The molecule has 1 N–H and O–H groups in total. The number of nitrogens with zero attached hydrogens (tertiary/aromatic N) is 4. The Balaban J connectivity index is 1.41. The van der Waals surface area contributed by atoms with Gasteiger partial charge >= 0.3 is 5.97 Å². The number of hydrogen-bond acceptors (Lipinski definition) is 8. The maximum absolute atomic E-state index is 13.4. The number of aliphatic hydroxyl groups is 1. The third-order valence-corrected chi connectivity index (χ3v) is 7.48. The molecule has 1 fully saturated rings. The zero-order valence-electron chi connectivity index (χ0n) is 20.3. The summed E-state index contributed by atoms with van der Waals surface area (Å²) in [6.45, 7) is 7.84. The van der Waals surface area contributed by atoms with Gasteiger partial charge in [0.2, 0.25) is 0 Å². The summed E-state index contributed by atoms with van der Waals surface area (Å²) in [5, 5.41) is 12.0. The molecule has 0 saturated carbocycles. The molecule has 1 saturated heterocycles. The minimum absolute atomic E-state index is 0.109. The van der Waals surface area contributed by atoms with Gasteiger partial charge in [-0.25, -0.2) is 14.8 Å². The van der Waals surface area contributed by atoms with E-state index in [1.807, 2.05) is 13.0 Å². The Hall–Kier alpha value is -3.58. The third-order valence-electron chi connectivity index (χ3n) is 7.48. The number of cyclic esters (lactones) is 1. The first-order valence-corrected chi connectivity index (χ1v) is 12.2. The van der Waals surface area contributed by atoms with Gasteiger partial charge in [0.1, 0.15) is 12.3 Å². The normalized spacial score (nSPS) is 20.8. The van der Waals surface area contributed by atoms with E-state index >= 15 is 0 Å². The number of ether oxygens (including phenoxy) is 2. The number of carbonyl (C=O) groups is 1. The SMILES string of the molecule is CC[C@@]1(O)C(=O)OCc2c1cc1n(c2=O)Cc2c-1nc1cnc(C#CCN3CCOCC3)cc1c2C. The lowest BCUT2D eigenvalue weighted by molar-refractivity contribution is -0.172. The number of carbonyl (C=O) groups excluding carboxylic acids is 1. The highest BCUT2D eigenvalue weighted by atomic mass is 16.6. The Labute approximate surface area is 207 Å². The fourth-order valence-electron chi connectivity index (χ4n) is 5.25. The molecule has 6 heterocycles. The van der Waals surface area contributed by atoms with Gasteiger partial charge in [-0.05, 0) is 37.0 Å². The quantitative estimate of drug-likeness (QED) is 0.335. The lowest BCUT2D eigenvalue weighted by Crippen LogP contribution is -2.44. The smallest absolute Gasteiger partial charge is 0.343 e. The van der Waals surface area contributed by atoms with Crippen molar-refractivity contribution in [1.82, 2.24) is 19.4 Å². The van der Waals surface area contributed by atoms with E-state index in [-0.39, 0.29) is 18.6 Å². The molecular formula is C27H26N4O5. The number of hydrogen-bond donors (Lipinski definition) is 1. The van der Waals surface area contributed by atoms with Crippen LogP contribution in [0.4, 0.5) is 0 Å². The topological polar surface area (TPSA) is 107 Å². The molecule has 0 spiro atoms. The van der Waals surface area contributed by atoms with Crippen LogP contribution in [0.5, 0.6) is 0 Å². The van der Waals surface area contributed by atoms with Crippen LogP contribution in [0, 0.1) is 18.8 Å². The fourth-order valence-corrected chi connectivity index (χ4v) is 5.25. The van der Waals surface area contributed by atoms with E-state index in [0.29, 0.717) is 46.8 Å². The summed E-state index contributed by atoms with van der Waals surface area (Å²) < 4.78 is 12.2. The largest absolute Gasteiger partial charge is 0.458 e. The van der Waals surface area contributed by atoms with E-state index in [4.69, 9.17) is 14.5 Å². The number of aromatic nitrogens is 3. The van der Waals surface area contributed by atoms with Crippen LogP contribution < -0.4 is 5.56 Å². The summed E-state index contributed by atoms with van der Waals surface area (Å²) in [4.78, 5) is 37.3. The standard InChI is InChI=1S/C27H26N4O5/c1-3-27(34)21-12-23-24-19(14-31(23)25(32)20(21)15-36-26(27)33)16(2)18-11-17(28-13-22(18)29-24)5-4-6-30-7-9-35-10-8-30/h11-13,34H,3,6-10,14-15H2,1-2H3/t27-/m0/s1. The molecule has 3 aliphatic heterocycles. The van der Waals surface area contributed by atoms with E-state index in [1.165, 1.54) is 0 Å². The molecule has 6 rings (SSSR count). The minimum Gasteiger partial charge on any atom is -0.458 e. The molecule has 0 bridgehead atoms. The third kappa shape index (κ3) is 3.45. The zero-order chi connectivity index (χ0) is 25.0. The van der Waals surface area contributed by atoms with Crippen LogP contribution in [-0.4, -0.2) is 63.4 Å². The van der Waals surface area contributed by atoms with Gasteiger partial charge < -0.3 is 19.1 Å². The molecule has 9 heteroatoms. The lowest BCUT2D eigenvalue weighted by atomic mass is 9.86. The number of aryl methyl sites for hydroxylation is 1. The summed E-state index contributed by atoms with van der Waals surface area (Å²) in [5.41, 5.74) is 3.11. The molecular weight excluding hydrogens is 460 g/mol. The van der Waals surface area contributed by atoms with Crippen molar-refractivity contribution >= 4 is 16.9 Å². The molecule has 3 aromatic rings. The van der Waals surface area contributed by atoms with Crippen LogP contribution >= 0.6 is 0 Å². The Bertz CT molecular complexity index is 1540. The van der Waals surface area contributed by atoms with Crippen molar-refractivity contribution < 1.29 is 19.4 Å². The molecule has 0 amide bonds. The summed E-state index contributed by atoms with van der Waals surface area (Å²) in [5.74, 6) is 5.64. The van der Waals surface area contributed by atoms with E-state index in [0.717, 1.165) is 42.8 Å². The van der Waals surface area contributed by atoms with Crippen molar-refractivity contribution in [2.75, 3.05) is 32.8 Å². The molecule has 36 heavy (non-hydrogen) atoms. The van der Waals surface area contributed by atoms with E-state index in [2.05, 4.69) is 21.7 Å². The van der Waals surface area contributed by atoms with Crippen molar-refractivity contribution in [2.24, 2.45) is 0 Å². The predicted octanol–water partition coefficient (Wildman–Crippen LogP) is 1.47. The molecule has 3 aromatic heterocycles. The number of esters is 1. The van der Waals surface area contributed by atoms with Gasteiger partial charge in [0.05, 0.1) is 55.0 Å². The maximum atomic E-state index is 13.4. The lowest BCUT2D eigenvalue weighted by Gasteiger charge is -2.31. The second-order valence-electron chi connectivity index (χ2n) is 9.44. The predicted molar refractivity (Wildman–Crippen MR) is 131 cm³/mol. The van der Waals surface area contributed by atoms with Gasteiger partial charge in [0.25, 0.3) is 5.56 Å². The van der Waals surface area contributed by atoms with Gasteiger partial charge in [0.15, 0.2) is 5.60 Å². The zero-order valence-corrected chi connectivity index (χ0v) is 20.3. The number of rotatable bonds is 2. The fraction of sp³-hybridized carbons (Fsp3) is 0.407. The van der Waals surface area contributed by atoms with Crippen LogP contribution in [0.25, 0.3) is 22.3 Å². The van der Waals surface area contributed by atoms with Gasteiger partial charge in [-0.3, -0.25) is 9.69 Å². The highest BCUT2D eigenvalue weighted by molar-refractivity contribution is 5.89. The van der Waals surface area contributed by atoms with Gasteiger partial charge in [-0.15, -0.1) is 0 Å². The number of morpholine rings is 1. The van der Waals surface area contributed by atoms with E-state index in [1.54, 1.807) is 23.8 Å². The Morgan fingerprint density at radius 1 is 1.19 bits per heavy atom. The van der Waals surface area contributed by atoms with E-state index in [9.17, 15) is 14.7 Å². The molecule has 3 aliphatic rings. The van der Waals surface area contributed by atoms with Gasteiger partial charge in [-0.2, -0.15) is 0 Å². The second kappa shape index (κ2) is 8.52. The summed E-state index contributed by atoms with van der Waals surface area (Å²) >= 11 is 0. The second-order valence-corrected chi connectivity index (χ2v) is 9.44. The van der Waals surface area contributed by atoms with Crippen LogP contribution in [0.15, 0.2) is 23.1 Å². The Morgan fingerprint density at radius 3 is 2.78 bits per heavy atom. The number of pyridine rings is 3. The molecule has 0 aliphatic carbocycles. The van der Waals surface area contributed by atoms with Crippen LogP contribution in [0.1, 0.15) is 41.3 Å². The molecule has 184 valence electrons. The summed E-state index contributed by atoms with van der Waals surface area (Å²) in [6, 6.07) is 3.67. The van der Waals surface area contributed by atoms with Gasteiger partial charge in [0, 0.05) is 29.6 Å². The Kier molecular flexibility index (Phi) is 5.41. The average Bonchev–Trinajstić information content (AvgIpc) is 3.27. The van der Waals surface area contributed by atoms with Crippen LogP contribution in [0.2, 0.25) is 0 Å². The molecule has 0 unspecified atom stereocenters. The summed E-state index contributed by atoms with van der Waals surface area (Å²) in [6.07, 6.45) is 1.82. The highest BCUT2D eigenvalue weighted by Gasteiger charge is 2.45. The van der Waals surface area contributed by atoms with Crippen LogP contribution in [-0.2, 0) is 33.0 Å². The average molecular weight is 487 g/mol. The first-order valence-electron chi connectivity index (χ1n) is 12.2. The maximum Gasteiger partial charge on any atom is 0.343 e. The van der Waals surface area contributed by atoms with Crippen molar-refractivity contribution in [2.45, 2.75) is 39.0 Å². The van der Waals surface area contributed by atoms with Crippen molar-refractivity contribution in [3.05, 3.63) is 56.6 Å². The van der Waals surface area contributed by atoms with Crippen LogP contribution in [0.3, 0.4) is 0 Å². The first-order chi connectivity index (χ1) is 17.4. The number of fused-ring (bicyclic) bond motifs is 5. The molecule has 0 radical (unpaired) electrons. The van der Waals surface area contributed by atoms with Crippen molar-refractivity contribution in [3.8, 4) is 23.2 Å². The molecule has 1 atom stereocenters. The monoisotopic (exact) mass is 486 g/mol. The molecule has 9 nitrogen and oxygen atoms in total. The van der Waals surface area contributed by atoms with Crippen molar-refractivity contribution in [1.29, 1.82) is 0 Å². The Morgan fingerprint density at radius 2 is 2.00 bits per heavy atom. The van der Waals surface area contributed by atoms with E-state index < -0.39 is 11.6 Å². The minimum atomic E-state index is -1.84. The highest BCUT2D eigenvalue weighted by Crippen LogP contribution is 2.39. The first kappa shape index (κ1) is 22.9. The summed E-state index contributed by atoms with van der Waals surface area (Å²) in [7, 11) is 0. The van der Waals surface area contributed by atoms with Crippen molar-refractivity contribution in [3.63, 3.8) is 0 Å². The molecule has 0 aromatic carbocycles.